The number of hydrogen-bond acceptors (Lipinski definition) is 4. The molecule has 0 saturated heterocycles. The van der Waals surface area contributed by atoms with Crippen LogP contribution < -0.4 is 0 Å². The van der Waals surface area contributed by atoms with E-state index in [2.05, 4.69) is 20.4 Å². The minimum atomic E-state index is -2.12. The quantitative estimate of drug-likeness (QED) is 0.516. The first-order valence-electron chi connectivity index (χ1n) is 5.49. The topological polar surface area (TPSA) is 18.5 Å². The zero-order valence-electron chi connectivity index (χ0n) is 10.3. The van der Waals surface area contributed by atoms with Gasteiger partial charge in [0.2, 0.25) is 0 Å². The Balaban J connectivity index is 4.33. The third kappa shape index (κ3) is 6.02. The Hall–Kier alpha value is 0.577. The first-order valence-corrected chi connectivity index (χ1v) is 9.76. The van der Waals surface area contributed by atoms with Gasteiger partial charge in [-0.05, 0) is 32.7 Å². The standard InChI is InChI=1S/C10H22O2S2Si/c1-6-9(4)10(13)14-15(5,11-7-2)12-8-3/h9H,6-8H2,1-5H3. The molecule has 0 aliphatic rings. The summed E-state index contributed by atoms with van der Waals surface area (Å²) in [7, 11) is -2.12. The summed E-state index contributed by atoms with van der Waals surface area (Å²) in [6.45, 7) is 11.8. The molecule has 0 aromatic heterocycles. The molecule has 5 heteroatoms. The van der Waals surface area contributed by atoms with E-state index in [9.17, 15) is 0 Å². The van der Waals surface area contributed by atoms with Gasteiger partial charge in [0.05, 0.1) is 0 Å². The van der Waals surface area contributed by atoms with Crippen LogP contribution in [0.3, 0.4) is 0 Å². The summed E-state index contributed by atoms with van der Waals surface area (Å²) in [5.41, 5.74) is 0. The van der Waals surface area contributed by atoms with Gasteiger partial charge in [-0.2, -0.15) is 0 Å². The van der Waals surface area contributed by atoms with Crippen LogP contribution in [0.15, 0.2) is 0 Å². The Bertz CT molecular complexity index is 194. The van der Waals surface area contributed by atoms with Crippen LogP contribution in [0, 0.1) is 5.92 Å². The minimum Gasteiger partial charge on any atom is -0.387 e. The Morgan fingerprint density at radius 1 is 1.27 bits per heavy atom. The van der Waals surface area contributed by atoms with Gasteiger partial charge in [0, 0.05) is 17.4 Å². The summed E-state index contributed by atoms with van der Waals surface area (Å²) in [5.74, 6) is 0.456. The lowest BCUT2D eigenvalue weighted by molar-refractivity contribution is 0.211. The van der Waals surface area contributed by atoms with Crippen molar-refractivity contribution < 1.29 is 8.85 Å². The zero-order chi connectivity index (χ0) is 11.9. The van der Waals surface area contributed by atoms with Crippen molar-refractivity contribution in [3.05, 3.63) is 0 Å². The van der Waals surface area contributed by atoms with E-state index < -0.39 is 7.71 Å². The van der Waals surface area contributed by atoms with Crippen LogP contribution in [0.1, 0.15) is 34.1 Å². The molecule has 0 aliphatic carbocycles. The molecule has 0 bridgehead atoms. The molecule has 0 aliphatic heterocycles. The lowest BCUT2D eigenvalue weighted by Gasteiger charge is -2.26. The second kappa shape index (κ2) is 7.79. The lowest BCUT2D eigenvalue weighted by Crippen LogP contribution is -2.37. The Labute approximate surface area is 104 Å². The Morgan fingerprint density at radius 3 is 2.07 bits per heavy atom. The molecule has 0 spiro atoms. The molecule has 0 heterocycles. The molecule has 0 N–H and O–H groups in total. The Morgan fingerprint density at radius 2 is 1.73 bits per heavy atom. The average Bonchev–Trinajstić information content (AvgIpc) is 2.16. The van der Waals surface area contributed by atoms with E-state index >= 15 is 0 Å². The molecule has 0 rings (SSSR count). The van der Waals surface area contributed by atoms with Crippen LogP contribution in [0.5, 0.6) is 0 Å². The fourth-order valence-corrected chi connectivity index (χ4v) is 7.35. The van der Waals surface area contributed by atoms with Crippen molar-refractivity contribution in [2.75, 3.05) is 13.2 Å². The maximum Gasteiger partial charge on any atom is 0.408 e. The number of rotatable bonds is 7. The van der Waals surface area contributed by atoms with Crippen molar-refractivity contribution in [1.29, 1.82) is 0 Å². The maximum atomic E-state index is 5.73. The van der Waals surface area contributed by atoms with Gasteiger partial charge in [-0.25, -0.2) is 0 Å². The van der Waals surface area contributed by atoms with Crippen molar-refractivity contribution in [2.24, 2.45) is 5.92 Å². The average molecular weight is 267 g/mol. The highest BCUT2D eigenvalue weighted by atomic mass is 32.4. The molecule has 0 saturated carbocycles. The molecule has 1 atom stereocenters. The van der Waals surface area contributed by atoms with Crippen molar-refractivity contribution in [2.45, 2.75) is 40.7 Å². The van der Waals surface area contributed by atoms with Crippen LogP contribution in [0.4, 0.5) is 0 Å². The van der Waals surface area contributed by atoms with Gasteiger partial charge in [0.1, 0.15) is 0 Å². The molecule has 0 amide bonds. The fourth-order valence-electron chi connectivity index (χ4n) is 1.07. The zero-order valence-corrected chi connectivity index (χ0v) is 13.0. The molecule has 0 aromatic rings. The van der Waals surface area contributed by atoms with E-state index in [1.54, 1.807) is 11.2 Å². The molecule has 2 nitrogen and oxygen atoms in total. The predicted molar refractivity (Wildman–Crippen MR) is 74.5 cm³/mol. The van der Waals surface area contributed by atoms with E-state index in [1.165, 1.54) is 0 Å². The molecule has 1 unspecified atom stereocenters. The van der Waals surface area contributed by atoms with E-state index in [-0.39, 0.29) is 0 Å². The van der Waals surface area contributed by atoms with Crippen molar-refractivity contribution >= 4 is 35.3 Å². The van der Waals surface area contributed by atoms with Gasteiger partial charge in [0.25, 0.3) is 0 Å². The van der Waals surface area contributed by atoms with Gasteiger partial charge in [0.15, 0.2) is 0 Å². The Kier molecular flexibility index (Phi) is 8.09. The molecular formula is C10H22O2S2Si. The molecule has 0 fully saturated rings. The third-order valence-electron chi connectivity index (χ3n) is 2.11. The van der Waals surface area contributed by atoms with Gasteiger partial charge < -0.3 is 8.85 Å². The van der Waals surface area contributed by atoms with E-state index in [1.807, 2.05) is 13.8 Å². The van der Waals surface area contributed by atoms with Crippen molar-refractivity contribution in [3.8, 4) is 0 Å². The second-order valence-electron chi connectivity index (χ2n) is 3.46. The van der Waals surface area contributed by atoms with Gasteiger partial charge in [-0.3, -0.25) is 0 Å². The van der Waals surface area contributed by atoms with E-state index in [0.717, 1.165) is 10.6 Å². The summed E-state index contributed by atoms with van der Waals surface area (Å²) in [6, 6.07) is 0. The summed E-state index contributed by atoms with van der Waals surface area (Å²) < 4.78 is 12.5. The van der Waals surface area contributed by atoms with Crippen LogP contribution in [-0.2, 0) is 8.85 Å². The summed E-state index contributed by atoms with van der Waals surface area (Å²) >= 11 is 7.04. The third-order valence-corrected chi connectivity index (χ3v) is 8.29. The highest BCUT2D eigenvalue weighted by molar-refractivity contribution is 8.42. The second-order valence-corrected chi connectivity index (χ2v) is 9.94. The van der Waals surface area contributed by atoms with Crippen molar-refractivity contribution in [3.63, 3.8) is 0 Å². The monoisotopic (exact) mass is 266 g/mol. The largest absolute Gasteiger partial charge is 0.408 e. The molecular weight excluding hydrogens is 244 g/mol. The maximum absolute atomic E-state index is 5.73. The van der Waals surface area contributed by atoms with Gasteiger partial charge in [-0.1, -0.05) is 37.3 Å². The van der Waals surface area contributed by atoms with Crippen LogP contribution in [-0.4, -0.2) is 25.1 Å². The first-order chi connectivity index (χ1) is 6.99. The van der Waals surface area contributed by atoms with E-state index in [0.29, 0.717) is 19.1 Å². The SMILES string of the molecule is CCO[Si](C)(OCC)SC(=S)C(C)CC. The number of thiocarbonyl (C=S) groups is 1. The molecule has 0 aromatic carbocycles. The summed E-state index contributed by atoms with van der Waals surface area (Å²) in [4.78, 5) is 0. The molecule has 90 valence electrons. The van der Waals surface area contributed by atoms with Crippen LogP contribution in [0.2, 0.25) is 6.55 Å². The number of hydrogen-bond donors (Lipinski definition) is 0. The van der Waals surface area contributed by atoms with Crippen molar-refractivity contribution in [1.82, 2.24) is 0 Å². The van der Waals surface area contributed by atoms with E-state index in [4.69, 9.17) is 21.1 Å². The smallest absolute Gasteiger partial charge is 0.387 e. The highest BCUT2D eigenvalue weighted by Crippen LogP contribution is 2.28. The highest BCUT2D eigenvalue weighted by Gasteiger charge is 2.34. The van der Waals surface area contributed by atoms with Crippen LogP contribution >= 0.6 is 23.4 Å². The summed E-state index contributed by atoms with van der Waals surface area (Å²) in [5, 5.41) is 0. The van der Waals surface area contributed by atoms with Crippen LogP contribution in [0.25, 0.3) is 0 Å². The minimum absolute atomic E-state index is 0.456. The molecule has 0 radical (unpaired) electrons. The molecule has 15 heavy (non-hydrogen) atoms. The lowest BCUT2D eigenvalue weighted by atomic mass is 10.2. The van der Waals surface area contributed by atoms with Gasteiger partial charge in [-0.15, -0.1) is 0 Å². The first kappa shape index (κ1) is 15.6. The summed E-state index contributed by atoms with van der Waals surface area (Å²) in [6.07, 6.45) is 1.08. The normalized spacial score (nSPS) is 13.9. The predicted octanol–water partition coefficient (Wildman–Crippen LogP) is 3.73. The fraction of sp³-hybridized carbons (Fsp3) is 0.900. The van der Waals surface area contributed by atoms with Gasteiger partial charge >= 0.3 is 7.71 Å².